The van der Waals surface area contributed by atoms with Crippen molar-refractivity contribution in [2.45, 2.75) is 32.3 Å². The predicted octanol–water partition coefficient (Wildman–Crippen LogP) is 2.26. The number of nitro benzene ring substituents is 1. The number of anilines is 1. The van der Waals surface area contributed by atoms with E-state index in [2.05, 4.69) is 5.32 Å². The quantitative estimate of drug-likeness (QED) is 0.522. The summed E-state index contributed by atoms with van der Waals surface area (Å²) in [5.41, 5.74) is -1.19. The van der Waals surface area contributed by atoms with E-state index in [1.165, 1.54) is 12.1 Å². The van der Waals surface area contributed by atoms with Gasteiger partial charge in [0.1, 0.15) is 5.69 Å². The molecule has 0 aliphatic rings. The molecule has 0 bridgehead atoms. The lowest BCUT2D eigenvalue weighted by molar-refractivity contribution is -0.384. The Morgan fingerprint density at radius 2 is 2.15 bits per heavy atom. The third-order valence-corrected chi connectivity index (χ3v) is 2.89. The van der Waals surface area contributed by atoms with E-state index in [1.807, 2.05) is 6.92 Å². The first-order valence-corrected chi connectivity index (χ1v) is 6.25. The lowest BCUT2D eigenvalue weighted by Crippen LogP contribution is -2.33. The molecule has 0 fully saturated rings. The van der Waals surface area contributed by atoms with Crippen molar-refractivity contribution < 1.29 is 19.9 Å². The zero-order valence-corrected chi connectivity index (χ0v) is 11.4. The monoisotopic (exact) mass is 282 g/mol. The number of nitrogens with one attached hydrogen (secondary N) is 1. The second-order valence-electron chi connectivity index (χ2n) is 4.89. The molecule has 7 nitrogen and oxygen atoms in total. The van der Waals surface area contributed by atoms with Gasteiger partial charge in [-0.3, -0.25) is 10.1 Å². The number of nitro groups is 1. The van der Waals surface area contributed by atoms with E-state index >= 15 is 0 Å². The van der Waals surface area contributed by atoms with Gasteiger partial charge in [-0.1, -0.05) is 13.3 Å². The molecule has 1 atom stereocenters. The SMILES string of the molecule is CCCC(C)(O)CNc1cc(C(=O)O)ccc1[N+](=O)[O-]. The van der Waals surface area contributed by atoms with Crippen molar-refractivity contribution in [3.05, 3.63) is 33.9 Å². The number of carboxylic acid groups (broad SMARTS) is 1. The highest BCUT2D eigenvalue weighted by atomic mass is 16.6. The average molecular weight is 282 g/mol. The molecule has 0 amide bonds. The van der Waals surface area contributed by atoms with Crippen molar-refractivity contribution in [2.75, 3.05) is 11.9 Å². The van der Waals surface area contributed by atoms with Gasteiger partial charge in [-0.25, -0.2) is 4.79 Å². The van der Waals surface area contributed by atoms with Crippen LogP contribution in [0.3, 0.4) is 0 Å². The van der Waals surface area contributed by atoms with Crippen LogP contribution in [0.15, 0.2) is 18.2 Å². The molecule has 1 aromatic carbocycles. The van der Waals surface area contributed by atoms with Crippen molar-refractivity contribution in [2.24, 2.45) is 0 Å². The number of aromatic carboxylic acids is 1. The summed E-state index contributed by atoms with van der Waals surface area (Å²) in [4.78, 5) is 21.2. The van der Waals surface area contributed by atoms with Gasteiger partial charge in [0.25, 0.3) is 5.69 Å². The van der Waals surface area contributed by atoms with Crippen molar-refractivity contribution >= 4 is 17.3 Å². The van der Waals surface area contributed by atoms with Gasteiger partial charge in [-0.05, 0) is 25.5 Å². The lowest BCUT2D eigenvalue weighted by Gasteiger charge is -2.23. The van der Waals surface area contributed by atoms with Gasteiger partial charge in [-0.2, -0.15) is 0 Å². The Balaban J connectivity index is 2.99. The van der Waals surface area contributed by atoms with Crippen LogP contribution in [0.2, 0.25) is 0 Å². The highest BCUT2D eigenvalue weighted by Crippen LogP contribution is 2.26. The van der Waals surface area contributed by atoms with Gasteiger partial charge in [-0.15, -0.1) is 0 Å². The number of aliphatic hydroxyl groups is 1. The first-order chi connectivity index (χ1) is 9.26. The largest absolute Gasteiger partial charge is 0.478 e. The molecule has 0 aliphatic heterocycles. The number of hydrogen-bond acceptors (Lipinski definition) is 5. The van der Waals surface area contributed by atoms with Crippen LogP contribution in [0.25, 0.3) is 0 Å². The minimum Gasteiger partial charge on any atom is -0.478 e. The van der Waals surface area contributed by atoms with Crippen LogP contribution in [0.5, 0.6) is 0 Å². The van der Waals surface area contributed by atoms with Gasteiger partial charge in [0, 0.05) is 12.6 Å². The highest BCUT2D eigenvalue weighted by molar-refractivity contribution is 5.90. The number of hydrogen-bond donors (Lipinski definition) is 3. The summed E-state index contributed by atoms with van der Waals surface area (Å²) in [6.07, 6.45) is 1.30. The van der Waals surface area contributed by atoms with E-state index < -0.39 is 16.5 Å². The number of rotatable bonds is 7. The zero-order valence-electron chi connectivity index (χ0n) is 11.4. The van der Waals surface area contributed by atoms with Gasteiger partial charge < -0.3 is 15.5 Å². The van der Waals surface area contributed by atoms with Crippen molar-refractivity contribution in [1.82, 2.24) is 0 Å². The molecule has 0 radical (unpaired) electrons. The molecule has 1 unspecified atom stereocenters. The summed E-state index contributed by atoms with van der Waals surface area (Å²) in [5.74, 6) is -1.16. The average Bonchev–Trinajstić information content (AvgIpc) is 2.35. The summed E-state index contributed by atoms with van der Waals surface area (Å²) < 4.78 is 0. The highest BCUT2D eigenvalue weighted by Gasteiger charge is 2.22. The summed E-state index contributed by atoms with van der Waals surface area (Å²) in [6, 6.07) is 3.51. The van der Waals surface area contributed by atoms with E-state index in [9.17, 15) is 20.0 Å². The third-order valence-electron chi connectivity index (χ3n) is 2.89. The van der Waals surface area contributed by atoms with Crippen LogP contribution in [0, 0.1) is 10.1 Å². The normalized spacial score (nSPS) is 13.6. The Labute approximate surface area is 116 Å². The minimum absolute atomic E-state index is 0.0479. The van der Waals surface area contributed by atoms with Gasteiger partial charge in [0.2, 0.25) is 0 Å². The van der Waals surface area contributed by atoms with E-state index in [-0.39, 0.29) is 23.5 Å². The lowest BCUT2D eigenvalue weighted by atomic mass is 10.0. The number of carbonyl (C=O) groups is 1. The molecule has 1 aromatic rings. The Kier molecular flexibility index (Phi) is 5.04. The fourth-order valence-corrected chi connectivity index (χ4v) is 1.88. The van der Waals surface area contributed by atoms with Crippen LogP contribution in [-0.2, 0) is 0 Å². The molecule has 1 rings (SSSR count). The third kappa shape index (κ3) is 4.20. The molecule has 0 spiro atoms. The molecule has 110 valence electrons. The molecule has 0 aliphatic carbocycles. The van der Waals surface area contributed by atoms with E-state index in [4.69, 9.17) is 5.11 Å². The minimum atomic E-state index is -1.16. The molecular weight excluding hydrogens is 264 g/mol. The molecule has 3 N–H and O–H groups in total. The van der Waals surface area contributed by atoms with E-state index in [0.29, 0.717) is 6.42 Å². The fourth-order valence-electron chi connectivity index (χ4n) is 1.88. The van der Waals surface area contributed by atoms with Gasteiger partial charge in [0.15, 0.2) is 0 Å². The smallest absolute Gasteiger partial charge is 0.335 e. The first-order valence-electron chi connectivity index (χ1n) is 6.25. The van der Waals surface area contributed by atoms with Crippen LogP contribution < -0.4 is 5.32 Å². The Hall–Kier alpha value is -2.15. The molecule has 7 heteroatoms. The van der Waals surface area contributed by atoms with E-state index in [1.54, 1.807) is 6.92 Å². The van der Waals surface area contributed by atoms with Gasteiger partial charge in [0.05, 0.1) is 16.1 Å². The van der Waals surface area contributed by atoms with Crippen molar-refractivity contribution in [1.29, 1.82) is 0 Å². The standard InChI is InChI=1S/C13H18N2O5/c1-3-6-13(2,18)8-14-10-7-9(12(16)17)4-5-11(10)15(19)20/h4-5,7,14,18H,3,6,8H2,1-2H3,(H,16,17). The molecule has 0 heterocycles. The second-order valence-corrected chi connectivity index (χ2v) is 4.89. The number of carboxylic acids is 1. The summed E-state index contributed by atoms with van der Waals surface area (Å²) in [6.45, 7) is 3.64. The maximum atomic E-state index is 10.9. The Morgan fingerprint density at radius 3 is 2.65 bits per heavy atom. The molecular formula is C13H18N2O5. The topological polar surface area (TPSA) is 113 Å². The van der Waals surface area contributed by atoms with Crippen molar-refractivity contribution in [3.63, 3.8) is 0 Å². The Bertz CT molecular complexity index is 513. The fraction of sp³-hybridized carbons (Fsp3) is 0.462. The maximum absolute atomic E-state index is 10.9. The van der Waals surface area contributed by atoms with Crippen LogP contribution in [-0.4, -0.2) is 33.3 Å². The number of nitrogens with zero attached hydrogens (tertiary/aromatic N) is 1. The maximum Gasteiger partial charge on any atom is 0.335 e. The van der Waals surface area contributed by atoms with Crippen LogP contribution in [0.4, 0.5) is 11.4 Å². The predicted molar refractivity (Wildman–Crippen MR) is 74.1 cm³/mol. The molecule has 0 aromatic heterocycles. The van der Waals surface area contributed by atoms with E-state index in [0.717, 1.165) is 12.5 Å². The summed E-state index contributed by atoms with van der Waals surface area (Å²) in [7, 11) is 0. The molecule has 0 saturated carbocycles. The van der Waals surface area contributed by atoms with Gasteiger partial charge >= 0.3 is 5.97 Å². The zero-order chi connectivity index (χ0) is 15.3. The second kappa shape index (κ2) is 6.33. The van der Waals surface area contributed by atoms with Crippen LogP contribution >= 0.6 is 0 Å². The summed E-state index contributed by atoms with van der Waals surface area (Å²) in [5, 5.41) is 32.6. The first kappa shape index (κ1) is 15.9. The number of benzene rings is 1. The molecule has 0 saturated heterocycles. The molecule has 20 heavy (non-hydrogen) atoms. The van der Waals surface area contributed by atoms with Crippen molar-refractivity contribution in [3.8, 4) is 0 Å². The van der Waals surface area contributed by atoms with Crippen LogP contribution in [0.1, 0.15) is 37.0 Å². The summed E-state index contributed by atoms with van der Waals surface area (Å²) >= 11 is 0. The Morgan fingerprint density at radius 1 is 1.50 bits per heavy atom.